The molecule has 6 nitrogen and oxygen atoms in total. The largest absolute Gasteiger partial charge is 0.481 e. The predicted octanol–water partition coefficient (Wildman–Crippen LogP) is 2.89. The van der Waals surface area contributed by atoms with Crippen LogP contribution < -0.4 is 4.90 Å². The molecule has 0 radical (unpaired) electrons. The Labute approximate surface area is 148 Å². The van der Waals surface area contributed by atoms with Gasteiger partial charge in [0, 0.05) is 48.2 Å². The van der Waals surface area contributed by atoms with E-state index in [0.29, 0.717) is 12.3 Å². The molecule has 1 aliphatic rings. The summed E-state index contributed by atoms with van der Waals surface area (Å²) >= 11 is 0. The molecule has 3 rings (SSSR count). The molecule has 1 atom stereocenters. The molecule has 0 aromatic carbocycles. The van der Waals surface area contributed by atoms with E-state index in [4.69, 9.17) is 10.1 Å². The molecule has 0 spiro atoms. The Hall–Kier alpha value is -2.50. The number of hydrogen-bond donors (Lipinski definition) is 1. The van der Waals surface area contributed by atoms with E-state index in [1.807, 2.05) is 38.1 Å². The van der Waals surface area contributed by atoms with Crippen LogP contribution >= 0.6 is 0 Å². The monoisotopic (exact) mass is 340 g/mol. The van der Waals surface area contributed by atoms with E-state index < -0.39 is 5.97 Å². The number of anilines is 1. The summed E-state index contributed by atoms with van der Waals surface area (Å²) in [5.41, 5.74) is 3.86. The van der Waals surface area contributed by atoms with Crippen molar-refractivity contribution in [3.63, 3.8) is 0 Å². The zero-order valence-electron chi connectivity index (χ0n) is 14.8. The molecule has 0 saturated carbocycles. The van der Waals surface area contributed by atoms with Gasteiger partial charge in [0.15, 0.2) is 0 Å². The van der Waals surface area contributed by atoms with Gasteiger partial charge >= 0.3 is 5.97 Å². The van der Waals surface area contributed by atoms with Crippen LogP contribution in [0, 0.1) is 13.8 Å². The van der Waals surface area contributed by atoms with Gasteiger partial charge in [0.2, 0.25) is 5.95 Å². The summed E-state index contributed by atoms with van der Waals surface area (Å²) in [6, 6.07) is 7.91. The highest BCUT2D eigenvalue weighted by Crippen LogP contribution is 2.28. The van der Waals surface area contributed by atoms with Crippen LogP contribution in [0.5, 0.6) is 0 Å². The van der Waals surface area contributed by atoms with Crippen LogP contribution in [-0.4, -0.2) is 39.1 Å². The summed E-state index contributed by atoms with van der Waals surface area (Å²) in [6.45, 7) is 5.79. The number of rotatable bonds is 5. The molecule has 0 amide bonds. The second-order valence-electron chi connectivity index (χ2n) is 6.68. The van der Waals surface area contributed by atoms with Crippen LogP contribution in [0.2, 0.25) is 0 Å². The topological polar surface area (TPSA) is 79.2 Å². The van der Waals surface area contributed by atoms with Crippen molar-refractivity contribution >= 4 is 11.9 Å². The number of nitrogens with zero attached hydrogens (tertiary/aromatic N) is 4. The zero-order chi connectivity index (χ0) is 17.8. The number of pyridine rings is 1. The molecule has 25 heavy (non-hydrogen) atoms. The van der Waals surface area contributed by atoms with Crippen molar-refractivity contribution in [1.82, 2.24) is 15.0 Å². The first-order valence-corrected chi connectivity index (χ1v) is 8.76. The molecule has 3 heterocycles. The van der Waals surface area contributed by atoms with Crippen molar-refractivity contribution < 1.29 is 9.90 Å². The van der Waals surface area contributed by atoms with Crippen molar-refractivity contribution in [3.8, 4) is 0 Å². The number of aliphatic carboxylic acids is 1. The van der Waals surface area contributed by atoms with E-state index in [1.165, 1.54) is 0 Å². The van der Waals surface area contributed by atoms with E-state index in [0.717, 1.165) is 54.7 Å². The van der Waals surface area contributed by atoms with Crippen LogP contribution in [0.15, 0.2) is 24.3 Å². The Balaban J connectivity index is 1.75. The molecular weight excluding hydrogens is 316 g/mol. The van der Waals surface area contributed by atoms with Crippen molar-refractivity contribution in [3.05, 3.63) is 47.0 Å². The van der Waals surface area contributed by atoms with E-state index in [2.05, 4.69) is 14.9 Å². The lowest BCUT2D eigenvalue weighted by Gasteiger charge is -2.32. The standard InChI is InChI=1S/C19H24N4O2/c1-13-11-14(2)21-19(20-13)23-10-4-5-15(12-23)17-7-3-6-16(22-17)8-9-18(24)25/h3,6-7,11,15H,4-5,8-10,12H2,1-2H3,(H,24,25). The fraction of sp³-hybridized carbons (Fsp3) is 0.474. The van der Waals surface area contributed by atoms with Crippen molar-refractivity contribution in [2.45, 2.75) is 45.4 Å². The van der Waals surface area contributed by atoms with Gasteiger partial charge < -0.3 is 10.0 Å². The van der Waals surface area contributed by atoms with Crippen LogP contribution in [-0.2, 0) is 11.2 Å². The summed E-state index contributed by atoms with van der Waals surface area (Å²) in [5, 5.41) is 8.85. The molecule has 0 bridgehead atoms. The maximum atomic E-state index is 10.8. The van der Waals surface area contributed by atoms with Crippen LogP contribution in [0.4, 0.5) is 5.95 Å². The maximum Gasteiger partial charge on any atom is 0.303 e. The molecule has 1 N–H and O–H groups in total. The second kappa shape index (κ2) is 7.59. The Bertz CT molecular complexity index is 743. The van der Waals surface area contributed by atoms with E-state index in [1.54, 1.807) is 0 Å². The molecule has 2 aromatic rings. The van der Waals surface area contributed by atoms with Gasteiger partial charge in [0.1, 0.15) is 0 Å². The van der Waals surface area contributed by atoms with Crippen molar-refractivity contribution in [2.75, 3.05) is 18.0 Å². The van der Waals surface area contributed by atoms with E-state index in [-0.39, 0.29) is 6.42 Å². The van der Waals surface area contributed by atoms with Gasteiger partial charge in [-0.05, 0) is 44.9 Å². The fourth-order valence-corrected chi connectivity index (χ4v) is 3.35. The summed E-state index contributed by atoms with van der Waals surface area (Å²) < 4.78 is 0. The number of carbonyl (C=O) groups is 1. The Morgan fingerprint density at radius 3 is 2.72 bits per heavy atom. The highest BCUT2D eigenvalue weighted by molar-refractivity contribution is 5.66. The first kappa shape index (κ1) is 17.3. The molecule has 1 unspecified atom stereocenters. The molecule has 132 valence electrons. The Morgan fingerprint density at radius 1 is 1.24 bits per heavy atom. The van der Waals surface area contributed by atoms with Crippen molar-refractivity contribution in [1.29, 1.82) is 0 Å². The molecule has 1 aliphatic heterocycles. The Morgan fingerprint density at radius 2 is 2.00 bits per heavy atom. The molecule has 2 aromatic heterocycles. The third-order valence-corrected chi connectivity index (χ3v) is 4.52. The summed E-state index contributed by atoms with van der Waals surface area (Å²) in [4.78, 5) is 26.9. The van der Waals surface area contributed by atoms with Crippen LogP contribution in [0.25, 0.3) is 0 Å². The minimum absolute atomic E-state index is 0.115. The van der Waals surface area contributed by atoms with Gasteiger partial charge in [0.05, 0.1) is 6.42 Å². The molecule has 1 fully saturated rings. The zero-order valence-corrected chi connectivity index (χ0v) is 14.8. The van der Waals surface area contributed by atoms with Gasteiger partial charge in [-0.15, -0.1) is 0 Å². The third kappa shape index (κ3) is 4.53. The normalized spacial score (nSPS) is 17.5. The average molecular weight is 340 g/mol. The van der Waals surface area contributed by atoms with Crippen molar-refractivity contribution in [2.24, 2.45) is 0 Å². The predicted molar refractivity (Wildman–Crippen MR) is 95.9 cm³/mol. The highest BCUT2D eigenvalue weighted by Gasteiger charge is 2.24. The third-order valence-electron chi connectivity index (χ3n) is 4.52. The highest BCUT2D eigenvalue weighted by atomic mass is 16.4. The number of piperidine rings is 1. The lowest BCUT2D eigenvalue weighted by atomic mass is 9.94. The number of hydrogen-bond acceptors (Lipinski definition) is 5. The summed E-state index contributed by atoms with van der Waals surface area (Å²) in [7, 11) is 0. The van der Waals surface area contributed by atoms with E-state index in [9.17, 15) is 4.79 Å². The number of carboxylic acid groups (broad SMARTS) is 1. The van der Waals surface area contributed by atoms with Crippen LogP contribution in [0.3, 0.4) is 0 Å². The molecule has 1 saturated heterocycles. The molecular formula is C19H24N4O2. The molecule has 0 aliphatic carbocycles. The summed E-state index contributed by atoms with van der Waals surface area (Å²) in [5.74, 6) is 0.329. The second-order valence-corrected chi connectivity index (χ2v) is 6.68. The quantitative estimate of drug-likeness (QED) is 0.901. The lowest BCUT2D eigenvalue weighted by molar-refractivity contribution is -0.136. The first-order valence-electron chi connectivity index (χ1n) is 8.76. The van der Waals surface area contributed by atoms with Gasteiger partial charge in [-0.25, -0.2) is 9.97 Å². The average Bonchev–Trinajstić information content (AvgIpc) is 2.59. The minimum Gasteiger partial charge on any atom is -0.481 e. The van der Waals surface area contributed by atoms with E-state index >= 15 is 0 Å². The summed E-state index contributed by atoms with van der Waals surface area (Å²) in [6.07, 6.45) is 2.74. The van der Waals surface area contributed by atoms with Crippen LogP contribution in [0.1, 0.15) is 48.0 Å². The number of aromatic nitrogens is 3. The number of carboxylic acids is 1. The lowest BCUT2D eigenvalue weighted by Crippen LogP contribution is -2.36. The fourth-order valence-electron chi connectivity index (χ4n) is 3.35. The SMILES string of the molecule is Cc1cc(C)nc(N2CCCC(c3cccc(CCC(=O)O)n3)C2)n1. The minimum atomic E-state index is -0.789. The maximum absolute atomic E-state index is 10.8. The van der Waals surface area contributed by atoms with Gasteiger partial charge in [-0.1, -0.05) is 6.07 Å². The van der Waals surface area contributed by atoms with Gasteiger partial charge in [0.25, 0.3) is 0 Å². The Kier molecular flexibility index (Phi) is 5.26. The smallest absolute Gasteiger partial charge is 0.303 e. The molecule has 6 heteroatoms. The van der Waals surface area contributed by atoms with Gasteiger partial charge in [-0.2, -0.15) is 0 Å². The number of aryl methyl sites for hydroxylation is 3. The first-order chi connectivity index (χ1) is 12.0. The van der Waals surface area contributed by atoms with Gasteiger partial charge in [-0.3, -0.25) is 9.78 Å².